The first-order valence-electron chi connectivity index (χ1n) is 22.6. The number of carbonyl (C=O) groups is 3. The van der Waals surface area contributed by atoms with E-state index >= 15 is 0 Å². The lowest BCUT2D eigenvalue weighted by molar-refractivity contribution is -0.144. The van der Waals surface area contributed by atoms with Gasteiger partial charge in [-0.1, -0.05) is 81.4 Å². The van der Waals surface area contributed by atoms with Gasteiger partial charge in [0.1, 0.15) is 29.4 Å². The first-order valence-corrected chi connectivity index (χ1v) is 23.4. The Morgan fingerprint density at radius 3 is 2.29 bits per heavy atom. The maximum absolute atomic E-state index is 14.1. The summed E-state index contributed by atoms with van der Waals surface area (Å²) in [5.41, 5.74) is 5.03. The molecule has 4 atom stereocenters. The highest BCUT2D eigenvalue weighted by atomic mass is 32.1. The average Bonchev–Trinajstić information content (AvgIpc) is 4.06. The zero-order valence-electron chi connectivity index (χ0n) is 38.3. The first kappa shape index (κ1) is 47.2. The zero-order valence-corrected chi connectivity index (χ0v) is 39.1. The van der Waals surface area contributed by atoms with Crippen LogP contribution < -0.4 is 15.4 Å². The Morgan fingerprint density at radius 2 is 1.60 bits per heavy atom. The second kappa shape index (κ2) is 20.3. The quantitative estimate of drug-likeness (QED) is 0.0788. The lowest BCUT2D eigenvalue weighted by atomic mass is 9.85. The second-order valence-electron chi connectivity index (χ2n) is 18.4. The number of hydrogen-bond acceptors (Lipinski definition) is 9. The number of aliphatic hydroxyl groups is 1. The molecule has 1 saturated heterocycles. The van der Waals surface area contributed by atoms with Gasteiger partial charge in [-0.25, -0.2) is 4.39 Å². The molecule has 348 valence electrons. The smallest absolute Gasteiger partial charge is 0.246 e. The summed E-state index contributed by atoms with van der Waals surface area (Å²) in [5, 5.41) is 41.4. The molecule has 1 fully saturated rings. The predicted octanol–water partition coefficient (Wildman–Crippen LogP) is 9.49. The van der Waals surface area contributed by atoms with Crippen molar-refractivity contribution >= 4 is 39.1 Å². The highest BCUT2D eigenvalue weighted by Gasteiger charge is 2.44. The number of carbonyl (C=O) groups excluding carboxylic acids is 3. The van der Waals surface area contributed by atoms with Crippen LogP contribution in [0, 0.1) is 22.6 Å². The number of aryl methyl sites for hydroxylation is 2. The van der Waals surface area contributed by atoms with Crippen LogP contribution in [0.5, 0.6) is 17.2 Å². The maximum Gasteiger partial charge on any atom is 0.246 e. The average molecular weight is 933 g/mol. The summed E-state index contributed by atoms with van der Waals surface area (Å²) in [6, 6.07) is 35.7. The highest BCUT2D eigenvalue weighted by molar-refractivity contribution is 7.22. The number of amides is 3. The van der Waals surface area contributed by atoms with E-state index in [0.717, 1.165) is 61.3 Å². The van der Waals surface area contributed by atoms with E-state index in [2.05, 4.69) is 16.7 Å². The van der Waals surface area contributed by atoms with E-state index in [9.17, 15) is 29.0 Å². The van der Waals surface area contributed by atoms with Crippen molar-refractivity contribution in [2.24, 2.45) is 5.41 Å². The molecule has 0 saturated carbocycles. The molecule has 4 N–H and O–H groups in total. The van der Waals surface area contributed by atoms with Crippen LogP contribution in [0.25, 0.3) is 31.8 Å². The first-order chi connectivity index (χ1) is 32.6. The van der Waals surface area contributed by atoms with Crippen LogP contribution in [-0.4, -0.2) is 67.3 Å². The van der Waals surface area contributed by atoms with Crippen molar-refractivity contribution in [2.75, 3.05) is 6.54 Å². The number of phenols is 1. The number of aliphatic hydroxyl groups excluding tert-OH is 1. The Kier molecular flexibility index (Phi) is 14.1. The monoisotopic (exact) mass is 932 g/mol. The molecule has 0 aliphatic carbocycles. The molecule has 8 rings (SSSR count). The van der Waals surface area contributed by atoms with Crippen molar-refractivity contribution in [3.8, 4) is 45.0 Å². The van der Waals surface area contributed by atoms with Crippen LogP contribution in [0.1, 0.15) is 68.8 Å². The molecule has 12 nitrogen and oxygen atoms in total. The molecule has 3 amide bonds. The lowest BCUT2D eigenvalue weighted by Gasteiger charge is -2.35. The summed E-state index contributed by atoms with van der Waals surface area (Å²) >= 11 is 1.48. The summed E-state index contributed by atoms with van der Waals surface area (Å²) in [4.78, 5) is 43.4. The number of aromatic hydroxyl groups is 1. The van der Waals surface area contributed by atoms with Gasteiger partial charge in [-0.05, 0) is 108 Å². The molecule has 0 bridgehead atoms. The molecule has 68 heavy (non-hydrogen) atoms. The van der Waals surface area contributed by atoms with Gasteiger partial charge in [-0.3, -0.25) is 19.1 Å². The number of nitrogens with one attached hydrogen (secondary N) is 2. The van der Waals surface area contributed by atoms with Crippen LogP contribution in [0.3, 0.4) is 0 Å². The summed E-state index contributed by atoms with van der Waals surface area (Å²) < 4.78 is 22.9. The Labute approximate surface area is 398 Å². The number of halogens is 1. The minimum Gasteiger partial charge on any atom is -0.508 e. The number of likely N-dealkylation sites (tertiary alicyclic amines) is 1. The minimum atomic E-state index is -0.957. The van der Waals surface area contributed by atoms with Gasteiger partial charge in [0.2, 0.25) is 17.7 Å². The molecule has 1 aliphatic rings. The van der Waals surface area contributed by atoms with Crippen molar-refractivity contribution in [2.45, 2.75) is 84.2 Å². The third-order valence-corrected chi connectivity index (χ3v) is 13.3. The molecule has 0 unspecified atom stereocenters. The standard InChI is InChI=1S/C54H53FN6O6S/c1-33(37-13-9-36(31-56)10-14-37)57-52(65)46-29-42(63)32-61(46)53(66)51(54(2,3)4)58-48(64)28-35-7-15-38(16-8-35)45-25-27-60(59-45)26-5-6-34-11-22-43(23-12-34)67-49-44-24-21-41(62)30-47(44)68-50(49)39-17-19-40(55)20-18-39/h7-25,27,30,33,42,46,51,62-63H,5-6,26,28-29,32H2,1-4H3,(H,57,65)(H,58,64)/t33-,42+,46-,51+/m0/s1. The van der Waals surface area contributed by atoms with Crippen molar-refractivity contribution in [3.05, 3.63) is 156 Å². The van der Waals surface area contributed by atoms with Crippen LogP contribution in [0.4, 0.5) is 4.39 Å². The molecular weight excluding hydrogens is 880 g/mol. The second-order valence-corrected chi connectivity index (χ2v) is 19.4. The largest absolute Gasteiger partial charge is 0.508 e. The molecule has 1 aliphatic heterocycles. The van der Waals surface area contributed by atoms with E-state index in [4.69, 9.17) is 15.1 Å². The fourth-order valence-corrected chi connectivity index (χ4v) is 9.60. The van der Waals surface area contributed by atoms with Gasteiger partial charge >= 0.3 is 0 Å². The number of thiophene rings is 1. The maximum atomic E-state index is 14.1. The third kappa shape index (κ3) is 11.1. The van der Waals surface area contributed by atoms with Crippen molar-refractivity contribution in [1.29, 1.82) is 5.26 Å². The van der Waals surface area contributed by atoms with Crippen molar-refractivity contribution in [3.63, 3.8) is 0 Å². The van der Waals surface area contributed by atoms with Gasteiger partial charge in [0.05, 0.1) is 40.8 Å². The van der Waals surface area contributed by atoms with Gasteiger partial charge < -0.3 is 30.5 Å². The number of nitrogens with zero attached hydrogens (tertiary/aromatic N) is 4. The normalized spacial score (nSPS) is 15.7. The van der Waals surface area contributed by atoms with Crippen molar-refractivity contribution < 1.29 is 33.7 Å². The van der Waals surface area contributed by atoms with Crippen LogP contribution in [0.15, 0.2) is 128 Å². The predicted molar refractivity (Wildman–Crippen MR) is 260 cm³/mol. The lowest BCUT2D eigenvalue weighted by Crippen LogP contribution is -2.58. The van der Waals surface area contributed by atoms with Crippen LogP contribution in [0.2, 0.25) is 0 Å². The number of aromatic nitrogens is 2. The topological polar surface area (TPSA) is 170 Å². The number of nitriles is 1. The van der Waals surface area contributed by atoms with E-state index in [1.807, 2.05) is 99.2 Å². The molecule has 0 spiro atoms. The summed E-state index contributed by atoms with van der Waals surface area (Å²) in [5.74, 6) is -0.0130. The Morgan fingerprint density at radius 1 is 0.912 bits per heavy atom. The molecule has 5 aromatic carbocycles. The SMILES string of the molecule is C[C@H](NC(=O)[C@@H]1C[C@@H](O)CN1C(=O)[C@@H](NC(=O)Cc1ccc(-c2ccn(CCCc3ccc(Oc4c(-c5ccc(F)cc5)sc5cc(O)ccc45)cc3)n2)cc1)C(C)(C)C)c1ccc(C#N)cc1. The van der Waals surface area contributed by atoms with E-state index < -0.39 is 41.5 Å². The highest BCUT2D eigenvalue weighted by Crippen LogP contribution is 2.47. The van der Waals surface area contributed by atoms with E-state index in [1.165, 1.54) is 28.4 Å². The number of ether oxygens (including phenoxy) is 1. The Balaban J connectivity index is 0.831. The summed E-state index contributed by atoms with van der Waals surface area (Å²) in [7, 11) is 0. The number of β-amino-alcohol motifs (C(OH)–C–C–N with tert-alkyl or cyclic N) is 1. The van der Waals surface area contributed by atoms with Crippen molar-refractivity contribution in [1.82, 2.24) is 25.3 Å². The Hall–Kier alpha value is -7.34. The number of fused-ring (bicyclic) bond motifs is 1. The number of benzene rings is 5. The summed E-state index contributed by atoms with van der Waals surface area (Å²) in [6.45, 7) is 8.04. The zero-order chi connectivity index (χ0) is 48.1. The summed E-state index contributed by atoms with van der Waals surface area (Å²) in [6.07, 6.45) is 2.84. The van der Waals surface area contributed by atoms with Crippen LogP contribution in [-0.2, 0) is 33.8 Å². The molecule has 2 aromatic heterocycles. The van der Waals surface area contributed by atoms with Gasteiger partial charge in [-0.2, -0.15) is 10.4 Å². The number of hydrogen-bond donors (Lipinski definition) is 4. The van der Waals surface area contributed by atoms with E-state index in [1.54, 1.807) is 48.5 Å². The van der Waals surface area contributed by atoms with Gasteiger partial charge in [0, 0.05) is 41.4 Å². The van der Waals surface area contributed by atoms with Gasteiger partial charge in [0.25, 0.3) is 0 Å². The van der Waals surface area contributed by atoms with Crippen LogP contribution >= 0.6 is 11.3 Å². The fraction of sp³-hybridized carbons (Fsp3) is 0.278. The molecule has 3 heterocycles. The molecule has 0 radical (unpaired) electrons. The third-order valence-electron chi connectivity index (χ3n) is 12.2. The number of phenolic OH excluding ortho intramolecular Hbond substituents is 1. The minimum absolute atomic E-state index is 0.0295. The van der Waals surface area contributed by atoms with Gasteiger partial charge in [0.15, 0.2) is 5.75 Å². The number of rotatable bonds is 15. The molecule has 14 heteroatoms. The molecule has 7 aromatic rings. The van der Waals surface area contributed by atoms with Gasteiger partial charge in [-0.15, -0.1) is 11.3 Å². The Bertz CT molecular complexity index is 2960. The molecular formula is C54H53FN6O6S. The van der Waals surface area contributed by atoms with E-state index in [-0.39, 0.29) is 36.9 Å². The van der Waals surface area contributed by atoms with E-state index in [0.29, 0.717) is 23.6 Å². The fourth-order valence-electron chi connectivity index (χ4n) is 8.43.